The molecule has 0 saturated carbocycles. The van der Waals surface area contributed by atoms with Gasteiger partial charge in [0.05, 0.1) is 11.1 Å². The molecule has 0 radical (unpaired) electrons. The number of pyridine rings is 1. The predicted octanol–water partition coefficient (Wildman–Crippen LogP) is 1.47. The van der Waals surface area contributed by atoms with Crippen molar-refractivity contribution in [2.75, 3.05) is 0 Å². The van der Waals surface area contributed by atoms with Gasteiger partial charge in [-0.3, -0.25) is 9.78 Å². The molecule has 1 rings (SSSR count). The van der Waals surface area contributed by atoms with E-state index in [9.17, 15) is 13.6 Å². The molecule has 0 saturated heterocycles. The van der Waals surface area contributed by atoms with Crippen LogP contribution in [0.4, 0.5) is 8.78 Å². The maximum atomic E-state index is 12.6. The first-order valence-electron chi connectivity index (χ1n) is 3.24. The topological polar surface area (TPSA) is 56.0 Å². The lowest BCUT2D eigenvalue weighted by Gasteiger charge is -2.10. The number of nitrogens with two attached hydrogens (primary N) is 1. The molecule has 2 N–H and O–H groups in total. The van der Waals surface area contributed by atoms with Gasteiger partial charge in [0.25, 0.3) is 5.91 Å². The molecule has 0 aliphatic heterocycles. The van der Waals surface area contributed by atoms with Crippen molar-refractivity contribution in [1.29, 1.82) is 0 Å². The minimum absolute atomic E-state index is 0.373. The number of halogens is 3. The first-order chi connectivity index (χ1) is 5.93. The van der Waals surface area contributed by atoms with Gasteiger partial charge >= 0.3 is 5.38 Å². The van der Waals surface area contributed by atoms with Crippen molar-refractivity contribution in [3.63, 3.8) is 0 Å². The summed E-state index contributed by atoms with van der Waals surface area (Å²) >= 11 is 4.74. The Morgan fingerprint density at radius 3 is 2.62 bits per heavy atom. The molecule has 0 unspecified atom stereocenters. The molecule has 0 bridgehead atoms. The first-order valence-corrected chi connectivity index (χ1v) is 3.61. The normalized spacial score (nSPS) is 11.3. The summed E-state index contributed by atoms with van der Waals surface area (Å²) in [6.45, 7) is 0. The van der Waals surface area contributed by atoms with Crippen LogP contribution in [0.5, 0.6) is 0 Å². The highest BCUT2D eigenvalue weighted by Crippen LogP contribution is 2.33. The van der Waals surface area contributed by atoms with Gasteiger partial charge in [0.2, 0.25) is 0 Å². The molecule has 1 aromatic rings. The molecule has 6 heteroatoms. The number of aromatic nitrogens is 1. The van der Waals surface area contributed by atoms with Gasteiger partial charge in [0, 0.05) is 12.4 Å². The molecule has 1 amide bonds. The fraction of sp³-hybridized carbons (Fsp3) is 0.143. The predicted molar refractivity (Wildman–Crippen MR) is 42.5 cm³/mol. The van der Waals surface area contributed by atoms with E-state index in [0.717, 1.165) is 18.5 Å². The Balaban J connectivity index is 3.28. The molecular formula is C7H5ClF2N2O. The quantitative estimate of drug-likeness (QED) is 0.745. The van der Waals surface area contributed by atoms with Crippen LogP contribution in [0.1, 0.15) is 15.9 Å². The third kappa shape index (κ3) is 2.12. The summed E-state index contributed by atoms with van der Waals surface area (Å²) in [4.78, 5) is 14.1. The van der Waals surface area contributed by atoms with Gasteiger partial charge in [-0.15, -0.1) is 0 Å². The van der Waals surface area contributed by atoms with E-state index in [4.69, 9.17) is 17.3 Å². The highest BCUT2D eigenvalue weighted by Gasteiger charge is 2.32. The van der Waals surface area contributed by atoms with Gasteiger partial charge in [-0.2, -0.15) is 8.78 Å². The van der Waals surface area contributed by atoms with E-state index < -0.39 is 16.9 Å². The fourth-order valence-electron chi connectivity index (χ4n) is 0.838. The van der Waals surface area contributed by atoms with Gasteiger partial charge in [-0.25, -0.2) is 0 Å². The highest BCUT2D eigenvalue weighted by atomic mass is 35.5. The molecule has 0 spiro atoms. The second kappa shape index (κ2) is 3.26. The number of carbonyl (C=O) groups excluding carboxylic acids is 1. The Bertz CT molecular complexity index is 338. The number of hydrogen-bond donors (Lipinski definition) is 1. The van der Waals surface area contributed by atoms with Crippen LogP contribution < -0.4 is 5.73 Å². The summed E-state index contributed by atoms with van der Waals surface area (Å²) in [6.07, 6.45) is 2.06. The third-order valence-corrected chi connectivity index (χ3v) is 1.60. The minimum atomic E-state index is -3.60. The van der Waals surface area contributed by atoms with Crippen LogP contribution in [0.15, 0.2) is 18.5 Å². The summed E-state index contributed by atoms with van der Waals surface area (Å²) in [6, 6.07) is 0.951. The van der Waals surface area contributed by atoms with E-state index in [0.29, 0.717) is 0 Å². The van der Waals surface area contributed by atoms with Gasteiger partial charge < -0.3 is 5.73 Å². The van der Waals surface area contributed by atoms with Crippen LogP contribution in [-0.2, 0) is 5.38 Å². The second-order valence-corrected chi connectivity index (χ2v) is 2.76. The third-order valence-electron chi connectivity index (χ3n) is 1.39. The molecule has 0 fully saturated rings. The number of nitrogens with zero attached hydrogens (tertiary/aromatic N) is 1. The lowest BCUT2D eigenvalue weighted by Crippen LogP contribution is -2.18. The number of hydrogen-bond acceptors (Lipinski definition) is 2. The zero-order chi connectivity index (χ0) is 10.1. The number of primary amides is 1. The smallest absolute Gasteiger partial charge is 0.349 e. The Hall–Kier alpha value is -1.23. The van der Waals surface area contributed by atoms with Crippen molar-refractivity contribution >= 4 is 17.5 Å². The lowest BCUT2D eigenvalue weighted by atomic mass is 10.1. The van der Waals surface area contributed by atoms with Crippen molar-refractivity contribution in [2.24, 2.45) is 5.73 Å². The summed E-state index contributed by atoms with van der Waals surface area (Å²) in [7, 11) is 0. The molecule has 0 aliphatic rings. The molecule has 0 aliphatic carbocycles. The standard InChI is InChI=1S/C7H5ClF2N2O/c8-7(9,10)5-1-2-12-3-4(5)6(11)13/h1-3H,(H2,11,13). The molecule has 3 nitrogen and oxygen atoms in total. The van der Waals surface area contributed by atoms with Crippen LogP contribution >= 0.6 is 11.6 Å². The van der Waals surface area contributed by atoms with Crippen LogP contribution in [-0.4, -0.2) is 10.9 Å². The van der Waals surface area contributed by atoms with Gasteiger partial charge in [-0.05, 0) is 17.7 Å². The molecule has 0 atom stereocenters. The van der Waals surface area contributed by atoms with E-state index >= 15 is 0 Å². The Labute approximate surface area is 77.5 Å². The molecule has 70 valence electrons. The Morgan fingerprint density at radius 1 is 1.62 bits per heavy atom. The van der Waals surface area contributed by atoms with Crippen molar-refractivity contribution in [2.45, 2.75) is 5.38 Å². The van der Waals surface area contributed by atoms with Crippen molar-refractivity contribution < 1.29 is 13.6 Å². The minimum Gasteiger partial charge on any atom is -0.366 e. The summed E-state index contributed by atoms with van der Waals surface area (Å²) in [5.74, 6) is -0.983. The van der Waals surface area contributed by atoms with E-state index in [1.54, 1.807) is 0 Å². The molecule has 0 aromatic carbocycles. The van der Waals surface area contributed by atoms with Crippen molar-refractivity contribution in [1.82, 2.24) is 4.98 Å². The van der Waals surface area contributed by atoms with Crippen LogP contribution in [0.3, 0.4) is 0 Å². The van der Waals surface area contributed by atoms with Crippen LogP contribution in [0, 0.1) is 0 Å². The molecular weight excluding hydrogens is 202 g/mol. The maximum absolute atomic E-state index is 12.6. The van der Waals surface area contributed by atoms with E-state index in [2.05, 4.69) is 4.98 Å². The summed E-state index contributed by atoms with van der Waals surface area (Å²) in [5.41, 5.74) is 3.84. The second-order valence-electron chi connectivity index (χ2n) is 2.28. The molecule has 1 heterocycles. The van der Waals surface area contributed by atoms with Gasteiger partial charge in [0.1, 0.15) is 0 Å². The number of amides is 1. The van der Waals surface area contributed by atoms with Crippen LogP contribution in [0.2, 0.25) is 0 Å². The number of alkyl halides is 3. The monoisotopic (exact) mass is 206 g/mol. The van der Waals surface area contributed by atoms with Gasteiger partial charge in [-0.1, -0.05) is 0 Å². The first kappa shape index (κ1) is 9.85. The zero-order valence-electron chi connectivity index (χ0n) is 6.30. The summed E-state index contributed by atoms with van der Waals surface area (Å²) in [5, 5.41) is -3.60. The number of rotatable bonds is 2. The average Bonchev–Trinajstić information content (AvgIpc) is 2.03. The van der Waals surface area contributed by atoms with Crippen molar-refractivity contribution in [3.8, 4) is 0 Å². The molecule has 1 aromatic heterocycles. The average molecular weight is 207 g/mol. The van der Waals surface area contributed by atoms with E-state index in [1.807, 2.05) is 0 Å². The maximum Gasteiger partial charge on any atom is 0.349 e. The Morgan fingerprint density at radius 2 is 2.23 bits per heavy atom. The highest BCUT2D eigenvalue weighted by molar-refractivity contribution is 6.22. The van der Waals surface area contributed by atoms with E-state index in [1.165, 1.54) is 0 Å². The molecule has 13 heavy (non-hydrogen) atoms. The van der Waals surface area contributed by atoms with Crippen LogP contribution in [0.25, 0.3) is 0 Å². The number of carbonyl (C=O) groups is 1. The largest absolute Gasteiger partial charge is 0.366 e. The SMILES string of the molecule is NC(=O)c1cnccc1C(F)(F)Cl. The summed E-state index contributed by atoms with van der Waals surface area (Å²) < 4.78 is 25.2. The zero-order valence-corrected chi connectivity index (χ0v) is 7.05. The van der Waals surface area contributed by atoms with Crippen molar-refractivity contribution in [3.05, 3.63) is 29.6 Å². The van der Waals surface area contributed by atoms with E-state index in [-0.39, 0.29) is 5.56 Å². The van der Waals surface area contributed by atoms with Gasteiger partial charge in [0.15, 0.2) is 0 Å². The lowest BCUT2D eigenvalue weighted by molar-refractivity contribution is 0.0881. The fourth-order valence-corrected chi connectivity index (χ4v) is 1.00. The Kier molecular flexibility index (Phi) is 2.47.